The molecule has 1 N–H and O–H groups in total. The Morgan fingerprint density at radius 2 is 1.83 bits per heavy atom. The van der Waals surface area contributed by atoms with Crippen molar-refractivity contribution in [3.63, 3.8) is 0 Å². The Hall–Kier alpha value is -2.43. The van der Waals surface area contributed by atoms with Crippen molar-refractivity contribution in [2.45, 2.75) is 37.8 Å². The number of nitrogens with zero attached hydrogens (tertiary/aromatic N) is 1. The van der Waals surface area contributed by atoms with Crippen LogP contribution < -0.4 is 10.1 Å². The minimum absolute atomic E-state index is 0.135. The molecule has 23 heavy (non-hydrogen) atoms. The molecule has 1 fully saturated rings. The number of nitrogens with one attached hydrogen (secondary N) is 1. The van der Waals surface area contributed by atoms with Crippen LogP contribution in [0.3, 0.4) is 0 Å². The fourth-order valence-corrected chi connectivity index (χ4v) is 2.78. The number of ether oxygens (including phenoxy) is 1. The van der Waals surface area contributed by atoms with Gasteiger partial charge in [-0.3, -0.25) is 4.79 Å². The Kier molecular flexibility index (Phi) is 4.86. The molecule has 1 aliphatic carbocycles. The zero-order valence-corrected chi connectivity index (χ0v) is 12.7. The lowest BCUT2D eigenvalue weighted by atomic mass is 9.92. The number of pyridine rings is 1. The first-order valence-corrected chi connectivity index (χ1v) is 7.85. The molecule has 4 nitrogen and oxygen atoms in total. The van der Waals surface area contributed by atoms with Crippen LogP contribution in [0.2, 0.25) is 0 Å². The number of hydrogen-bond acceptors (Lipinski definition) is 3. The maximum absolute atomic E-state index is 12.9. The van der Waals surface area contributed by atoms with E-state index in [1.165, 1.54) is 24.3 Å². The van der Waals surface area contributed by atoms with Crippen LogP contribution in [0.1, 0.15) is 36.0 Å². The number of amides is 1. The standard InChI is InChI=1S/C18H19FN2O2/c19-14-6-4-13(5-7-14)18(22)21-15-8-10-16(11-9-15)23-17-3-1-2-12-20-17/h1-7,12,15-16H,8-11H2,(H,21,22). The number of aromatic nitrogens is 1. The fourth-order valence-electron chi connectivity index (χ4n) is 2.78. The molecule has 1 aliphatic rings. The SMILES string of the molecule is O=C(NC1CCC(Oc2ccccn2)CC1)c1ccc(F)cc1. The predicted octanol–water partition coefficient (Wildman–Crippen LogP) is 3.34. The summed E-state index contributed by atoms with van der Waals surface area (Å²) in [5.74, 6) is 0.152. The summed E-state index contributed by atoms with van der Waals surface area (Å²) in [5, 5.41) is 3.01. The summed E-state index contributed by atoms with van der Waals surface area (Å²) in [6.45, 7) is 0. The van der Waals surface area contributed by atoms with Crippen molar-refractivity contribution in [3.8, 4) is 5.88 Å². The molecular weight excluding hydrogens is 295 g/mol. The van der Waals surface area contributed by atoms with Gasteiger partial charge in [0, 0.05) is 23.9 Å². The van der Waals surface area contributed by atoms with Crippen LogP contribution in [0.15, 0.2) is 48.7 Å². The lowest BCUT2D eigenvalue weighted by Gasteiger charge is -2.29. The molecule has 1 heterocycles. The first-order valence-electron chi connectivity index (χ1n) is 7.85. The van der Waals surface area contributed by atoms with Crippen molar-refractivity contribution in [2.24, 2.45) is 0 Å². The molecule has 0 bridgehead atoms. The third-order valence-electron chi connectivity index (χ3n) is 4.04. The van der Waals surface area contributed by atoms with E-state index in [1.54, 1.807) is 6.20 Å². The Morgan fingerprint density at radius 1 is 1.09 bits per heavy atom. The summed E-state index contributed by atoms with van der Waals surface area (Å²) in [5.41, 5.74) is 0.484. The summed E-state index contributed by atoms with van der Waals surface area (Å²) in [6.07, 6.45) is 5.35. The second-order valence-electron chi connectivity index (χ2n) is 5.74. The molecule has 0 spiro atoms. The van der Waals surface area contributed by atoms with Crippen LogP contribution in [-0.2, 0) is 0 Å². The van der Waals surface area contributed by atoms with E-state index in [4.69, 9.17) is 4.74 Å². The van der Waals surface area contributed by atoms with E-state index in [0.29, 0.717) is 11.4 Å². The molecule has 120 valence electrons. The highest BCUT2D eigenvalue weighted by Gasteiger charge is 2.24. The van der Waals surface area contributed by atoms with Crippen molar-refractivity contribution in [1.82, 2.24) is 10.3 Å². The van der Waals surface area contributed by atoms with Crippen molar-refractivity contribution in [1.29, 1.82) is 0 Å². The third-order valence-corrected chi connectivity index (χ3v) is 4.04. The summed E-state index contributed by atoms with van der Waals surface area (Å²) < 4.78 is 18.7. The van der Waals surface area contributed by atoms with Gasteiger partial charge in [0.25, 0.3) is 5.91 Å². The predicted molar refractivity (Wildman–Crippen MR) is 84.8 cm³/mol. The van der Waals surface area contributed by atoms with E-state index in [1.807, 2.05) is 18.2 Å². The molecule has 0 unspecified atom stereocenters. The summed E-state index contributed by atoms with van der Waals surface area (Å²) >= 11 is 0. The van der Waals surface area contributed by atoms with E-state index >= 15 is 0 Å². The van der Waals surface area contributed by atoms with Crippen molar-refractivity contribution in [3.05, 3.63) is 60.0 Å². The van der Waals surface area contributed by atoms with Crippen LogP contribution in [-0.4, -0.2) is 23.0 Å². The molecule has 3 rings (SSSR count). The minimum Gasteiger partial charge on any atom is -0.474 e. The summed E-state index contributed by atoms with van der Waals surface area (Å²) in [7, 11) is 0. The van der Waals surface area contributed by atoms with Gasteiger partial charge in [-0.05, 0) is 56.0 Å². The molecule has 0 saturated heterocycles. The number of hydrogen-bond donors (Lipinski definition) is 1. The van der Waals surface area contributed by atoms with Gasteiger partial charge in [-0.2, -0.15) is 0 Å². The normalized spacial score (nSPS) is 20.7. The Morgan fingerprint density at radius 3 is 2.48 bits per heavy atom. The number of rotatable bonds is 4. The van der Waals surface area contributed by atoms with Crippen molar-refractivity contribution < 1.29 is 13.9 Å². The molecule has 0 atom stereocenters. The summed E-state index contributed by atoms with van der Waals surface area (Å²) in [4.78, 5) is 16.3. The number of halogens is 1. The second-order valence-corrected chi connectivity index (χ2v) is 5.74. The summed E-state index contributed by atoms with van der Waals surface area (Å²) in [6, 6.07) is 11.3. The topological polar surface area (TPSA) is 51.2 Å². The van der Waals surface area contributed by atoms with Gasteiger partial charge in [0.05, 0.1) is 0 Å². The van der Waals surface area contributed by atoms with Gasteiger partial charge in [0.2, 0.25) is 5.88 Å². The molecular formula is C18H19FN2O2. The molecule has 1 amide bonds. The lowest BCUT2D eigenvalue weighted by molar-refractivity contribution is 0.0890. The monoisotopic (exact) mass is 314 g/mol. The average molecular weight is 314 g/mol. The molecule has 5 heteroatoms. The van der Waals surface area contributed by atoms with Gasteiger partial charge in [0.15, 0.2) is 0 Å². The van der Waals surface area contributed by atoms with E-state index in [-0.39, 0.29) is 23.9 Å². The zero-order chi connectivity index (χ0) is 16.1. The molecule has 1 aromatic heterocycles. The highest BCUT2D eigenvalue weighted by molar-refractivity contribution is 5.94. The largest absolute Gasteiger partial charge is 0.474 e. The van der Waals surface area contributed by atoms with Gasteiger partial charge in [-0.1, -0.05) is 6.07 Å². The maximum atomic E-state index is 12.9. The average Bonchev–Trinajstić information content (AvgIpc) is 2.58. The minimum atomic E-state index is -0.339. The van der Waals surface area contributed by atoms with Crippen LogP contribution in [0, 0.1) is 5.82 Å². The maximum Gasteiger partial charge on any atom is 0.251 e. The van der Waals surface area contributed by atoms with Gasteiger partial charge < -0.3 is 10.1 Å². The Bertz CT molecular complexity index is 638. The van der Waals surface area contributed by atoms with E-state index in [2.05, 4.69) is 10.3 Å². The van der Waals surface area contributed by atoms with Gasteiger partial charge in [-0.15, -0.1) is 0 Å². The van der Waals surface area contributed by atoms with E-state index < -0.39 is 0 Å². The van der Waals surface area contributed by atoms with Crippen molar-refractivity contribution >= 4 is 5.91 Å². The van der Waals surface area contributed by atoms with E-state index in [0.717, 1.165) is 25.7 Å². The number of carbonyl (C=O) groups is 1. The van der Waals surface area contributed by atoms with Crippen LogP contribution in [0.25, 0.3) is 0 Å². The smallest absolute Gasteiger partial charge is 0.251 e. The molecule has 0 aliphatic heterocycles. The van der Waals surface area contributed by atoms with Crippen molar-refractivity contribution in [2.75, 3.05) is 0 Å². The molecule has 0 radical (unpaired) electrons. The van der Waals surface area contributed by atoms with Crippen LogP contribution >= 0.6 is 0 Å². The highest BCUT2D eigenvalue weighted by Crippen LogP contribution is 2.23. The molecule has 2 aromatic rings. The number of carbonyl (C=O) groups excluding carboxylic acids is 1. The first-order chi connectivity index (χ1) is 11.2. The van der Waals surface area contributed by atoms with Crippen LogP contribution in [0.5, 0.6) is 5.88 Å². The lowest BCUT2D eigenvalue weighted by Crippen LogP contribution is -2.39. The third kappa shape index (κ3) is 4.28. The number of benzene rings is 1. The first kappa shape index (κ1) is 15.5. The fraction of sp³-hybridized carbons (Fsp3) is 0.333. The Labute approximate surface area is 134 Å². The van der Waals surface area contributed by atoms with Gasteiger partial charge in [-0.25, -0.2) is 9.37 Å². The second kappa shape index (κ2) is 7.22. The highest BCUT2D eigenvalue weighted by atomic mass is 19.1. The quantitative estimate of drug-likeness (QED) is 0.941. The van der Waals surface area contributed by atoms with Crippen LogP contribution in [0.4, 0.5) is 4.39 Å². The molecule has 1 saturated carbocycles. The van der Waals surface area contributed by atoms with Gasteiger partial charge >= 0.3 is 0 Å². The van der Waals surface area contributed by atoms with Gasteiger partial charge in [0.1, 0.15) is 11.9 Å². The van der Waals surface area contributed by atoms with E-state index in [9.17, 15) is 9.18 Å². The molecule has 1 aromatic carbocycles. The zero-order valence-electron chi connectivity index (χ0n) is 12.7. The Balaban J connectivity index is 1.47.